The summed E-state index contributed by atoms with van der Waals surface area (Å²) in [4.78, 5) is 0. The molecule has 0 aliphatic rings. The highest BCUT2D eigenvalue weighted by Gasteiger charge is 2.12. The molecule has 0 bridgehead atoms. The summed E-state index contributed by atoms with van der Waals surface area (Å²) in [6, 6.07) is 5.75. The predicted octanol–water partition coefficient (Wildman–Crippen LogP) is 3.50. The summed E-state index contributed by atoms with van der Waals surface area (Å²) < 4.78 is 1.85. The van der Waals surface area contributed by atoms with Crippen LogP contribution in [0.5, 0.6) is 0 Å². The average molecular weight is 265 g/mol. The third kappa shape index (κ3) is 2.16. The minimum absolute atomic E-state index is 0.677. The molecule has 2 aromatic rings. The molecule has 0 aliphatic carbocycles. The van der Waals surface area contributed by atoms with E-state index in [4.69, 9.17) is 17.3 Å². The van der Waals surface area contributed by atoms with E-state index in [1.165, 1.54) is 0 Å². The molecule has 18 heavy (non-hydrogen) atoms. The second kappa shape index (κ2) is 4.90. The van der Waals surface area contributed by atoms with Crippen molar-refractivity contribution in [3.05, 3.63) is 34.5 Å². The Balaban J connectivity index is 2.43. The lowest BCUT2D eigenvalue weighted by molar-refractivity contribution is 0.661. The van der Waals surface area contributed by atoms with Crippen LogP contribution in [0.1, 0.15) is 18.2 Å². The number of anilines is 3. The molecule has 0 amide bonds. The van der Waals surface area contributed by atoms with Gasteiger partial charge in [0.25, 0.3) is 0 Å². The molecule has 3 N–H and O–H groups in total. The van der Waals surface area contributed by atoms with Crippen LogP contribution in [0.15, 0.2) is 18.2 Å². The summed E-state index contributed by atoms with van der Waals surface area (Å²) in [6.07, 6.45) is 0. The number of nitrogens with one attached hydrogen (secondary N) is 1. The van der Waals surface area contributed by atoms with Crippen LogP contribution in [0, 0.1) is 13.8 Å². The van der Waals surface area contributed by atoms with Gasteiger partial charge < -0.3 is 11.1 Å². The Morgan fingerprint density at radius 3 is 2.78 bits per heavy atom. The summed E-state index contributed by atoms with van der Waals surface area (Å²) in [5.41, 5.74) is 9.49. The van der Waals surface area contributed by atoms with E-state index < -0.39 is 0 Å². The van der Waals surface area contributed by atoms with Crippen LogP contribution in [0.3, 0.4) is 0 Å². The molecule has 96 valence electrons. The van der Waals surface area contributed by atoms with Gasteiger partial charge in [-0.1, -0.05) is 17.7 Å². The van der Waals surface area contributed by atoms with Crippen molar-refractivity contribution >= 4 is 28.8 Å². The van der Waals surface area contributed by atoms with Crippen LogP contribution in [0.4, 0.5) is 17.2 Å². The largest absolute Gasteiger partial charge is 0.394 e. The summed E-state index contributed by atoms with van der Waals surface area (Å²) in [5, 5.41) is 8.42. The highest BCUT2D eigenvalue weighted by Crippen LogP contribution is 2.30. The van der Waals surface area contributed by atoms with E-state index in [0.717, 1.165) is 34.3 Å². The Kier molecular flexibility index (Phi) is 3.48. The number of rotatable bonds is 3. The fourth-order valence-corrected chi connectivity index (χ4v) is 2.00. The standard InChI is InChI=1S/C13H17ClN4/c1-4-18-13(12(15)9(3)17-18)16-11-7-5-6-10(14)8(11)2/h5-7,16H,4,15H2,1-3H3. The number of aryl methyl sites for hydroxylation is 2. The van der Waals surface area contributed by atoms with Crippen LogP contribution < -0.4 is 11.1 Å². The quantitative estimate of drug-likeness (QED) is 0.892. The van der Waals surface area contributed by atoms with Crippen molar-refractivity contribution in [2.24, 2.45) is 0 Å². The number of aromatic nitrogens is 2. The molecule has 1 aromatic carbocycles. The maximum atomic E-state index is 6.11. The highest BCUT2D eigenvalue weighted by molar-refractivity contribution is 6.31. The van der Waals surface area contributed by atoms with Crippen molar-refractivity contribution in [2.75, 3.05) is 11.1 Å². The molecule has 0 saturated carbocycles. The molecule has 0 saturated heterocycles. The van der Waals surface area contributed by atoms with Crippen molar-refractivity contribution in [3.8, 4) is 0 Å². The van der Waals surface area contributed by atoms with Gasteiger partial charge in [-0.05, 0) is 38.5 Å². The van der Waals surface area contributed by atoms with Gasteiger partial charge in [0.05, 0.1) is 11.4 Å². The number of nitrogen functional groups attached to an aromatic ring is 1. The number of nitrogens with two attached hydrogens (primary N) is 1. The van der Waals surface area contributed by atoms with Crippen LogP contribution in [0.25, 0.3) is 0 Å². The number of nitrogens with zero attached hydrogens (tertiary/aromatic N) is 2. The van der Waals surface area contributed by atoms with Crippen molar-refractivity contribution in [1.82, 2.24) is 9.78 Å². The zero-order valence-electron chi connectivity index (χ0n) is 10.8. The van der Waals surface area contributed by atoms with Gasteiger partial charge in [0.15, 0.2) is 5.82 Å². The van der Waals surface area contributed by atoms with E-state index in [0.29, 0.717) is 5.69 Å². The zero-order valence-corrected chi connectivity index (χ0v) is 11.5. The lowest BCUT2D eigenvalue weighted by atomic mass is 10.2. The predicted molar refractivity (Wildman–Crippen MR) is 76.5 cm³/mol. The molecule has 1 aromatic heterocycles. The van der Waals surface area contributed by atoms with Gasteiger partial charge in [-0.2, -0.15) is 5.10 Å². The molecule has 0 aliphatic heterocycles. The first kappa shape index (κ1) is 12.8. The Morgan fingerprint density at radius 2 is 2.11 bits per heavy atom. The first-order valence-corrected chi connectivity index (χ1v) is 6.27. The molecule has 0 fully saturated rings. The van der Waals surface area contributed by atoms with E-state index >= 15 is 0 Å². The van der Waals surface area contributed by atoms with Crippen LogP contribution in [0.2, 0.25) is 5.02 Å². The van der Waals surface area contributed by atoms with Gasteiger partial charge in [0.1, 0.15) is 0 Å². The number of hydrogen-bond donors (Lipinski definition) is 2. The fourth-order valence-electron chi connectivity index (χ4n) is 1.83. The monoisotopic (exact) mass is 264 g/mol. The van der Waals surface area contributed by atoms with E-state index in [1.54, 1.807) is 0 Å². The van der Waals surface area contributed by atoms with E-state index in [-0.39, 0.29) is 0 Å². The summed E-state index contributed by atoms with van der Waals surface area (Å²) in [5.74, 6) is 0.820. The van der Waals surface area contributed by atoms with Gasteiger partial charge >= 0.3 is 0 Å². The third-order valence-corrected chi connectivity index (χ3v) is 3.40. The van der Waals surface area contributed by atoms with Gasteiger partial charge in [0, 0.05) is 17.3 Å². The minimum Gasteiger partial charge on any atom is -0.394 e. The number of halogens is 1. The molecule has 5 heteroatoms. The number of benzene rings is 1. The normalized spacial score (nSPS) is 10.7. The first-order chi connectivity index (χ1) is 8.54. The van der Waals surface area contributed by atoms with Crippen LogP contribution in [-0.4, -0.2) is 9.78 Å². The molecule has 0 spiro atoms. The third-order valence-electron chi connectivity index (χ3n) is 2.99. The maximum absolute atomic E-state index is 6.11. The van der Waals surface area contributed by atoms with Crippen molar-refractivity contribution in [2.45, 2.75) is 27.3 Å². The maximum Gasteiger partial charge on any atom is 0.152 e. The summed E-state index contributed by atoms with van der Waals surface area (Å²) in [7, 11) is 0. The van der Waals surface area contributed by atoms with Gasteiger partial charge in [0.2, 0.25) is 0 Å². The van der Waals surface area contributed by atoms with E-state index in [1.807, 2.05) is 43.7 Å². The lowest BCUT2D eigenvalue weighted by Gasteiger charge is -2.12. The first-order valence-electron chi connectivity index (χ1n) is 5.89. The molecular formula is C13H17ClN4. The molecule has 0 radical (unpaired) electrons. The second-order valence-electron chi connectivity index (χ2n) is 4.20. The Hall–Kier alpha value is -1.68. The SMILES string of the molecule is CCn1nc(C)c(N)c1Nc1cccc(Cl)c1C. The lowest BCUT2D eigenvalue weighted by Crippen LogP contribution is -2.05. The summed E-state index contributed by atoms with van der Waals surface area (Å²) in [6.45, 7) is 6.67. The van der Waals surface area contributed by atoms with Crippen molar-refractivity contribution in [1.29, 1.82) is 0 Å². The van der Waals surface area contributed by atoms with Crippen LogP contribution in [-0.2, 0) is 6.54 Å². The fraction of sp³-hybridized carbons (Fsp3) is 0.308. The van der Waals surface area contributed by atoms with Gasteiger partial charge in [-0.15, -0.1) is 0 Å². The second-order valence-corrected chi connectivity index (χ2v) is 4.61. The summed E-state index contributed by atoms with van der Waals surface area (Å²) >= 11 is 6.11. The van der Waals surface area contributed by atoms with Crippen LogP contribution >= 0.6 is 11.6 Å². The molecule has 0 atom stereocenters. The topological polar surface area (TPSA) is 55.9 Å². The average Bonchev–Trinajstić information content (AvgIpc) is 2.62. The minimum atomic E-state index is 0.677. The van der Waals surface area contributed by atoms with Gasteiger partial charge in [-0.3, -0.25) is 0 Å². The highest BCUT2D eigenvalue weighted by atomic mass is 35.5. The Morgan fingerprint density at radius 1 is 1.39 bits per heavy atom. The molecule has 4 nitrogen and oxygen atoms in total. The Bertz CT molecular complexity index is 575. The smallest absolute Gasteiger partial charge is 0.152 e. The van der Waals surface area contributed by atoms with Crippen molar-refractivity contribution < 1.29 is 0 Å². The number of hydrogen-bond acceptors (Lipinski definition) is 3. The van der Waals surface area contributed by atoms with Gasteiger partial charge in [-0.25, -0.2) is 4.68 Å². The molecule has 1 heterocycles. The zero-order chi connectivity index (χ0) is 13.3. The van der Waals surface area contributed by atoms with E-state index in [2.05, 4.69) is 10.4 Å². The molecule has 2 rings (SSSR count). The van der Waals surface area contributed by atoms with E-state index in [9.17, 15) is 0 Å². The van der Waals surface area contributed by atoms with Crippen molar-refractivity contribution in [3.63, 3.8) is 0 Å². The molecule has 0 unspecified atom stereocenters. The Labute approximate surface area is 112 Å². The molecular weight excluding hydrogens is 248 g/mol.